The Morgan fingerprint density at radius 3 is 2.26 bits per heavy atom. The van der Waals surface area contributed by atoms with E-state index in [9.17, 15) is 14.4 Å². The number of nitrogens with zero attached hydrogens (tertiary/aromatic N) is 3. The van der Waals surface area contributed by atoms with Gasteiger partial charge in [-0.05, 0) is 51.3 Å². The molecule has 180 valence electrons. The average Bonchev–Trinajstić information content (AvgIpc) is 3.45. The average molecular weight is 476 g/mol. The molecule has 2 heterocycles. The molecular formula is C25H24N4O6. The lowest BCUT2D eigenvalue weighted by Crippen LogP contribution is -2.39. The summed E-state index contributed by atoms with van der Waals surface area (Å²) in [5, 5.41) is 18.7. The third-order valence-electron chi connectivity index (χ3n) is 6.62. The van der Waals surface area contributed by atoms with Crippen molar-refractivity contribution in [1.82, 2.24) is 15.2 Å². The van der Waals surface area contributed by atoms with Gasteiger partial charge >= 0.3 is 12.1 Å². The molecule has 2 aromatic carbocycles. The van der Waals surface area contributed by atoms with Gasteiger partial charge in [-0.3, -0.25) is 14.9 Å². The normalized spacial score (nSPS) is 15.4. The Morgan fingerprint density at radius 2 is 1.63 bits per heavy atom. The van der Waals surface area contributed by atoms with Gasteiger partial charge in [-0.25, -0.2) is 9.42 Å². The largest absolute Gasteiger partial charge is 0.481 e. The monoisotopic (exact) mass is 476 g/mol. The van der Waals surface area contributed by atoms with Crippen LogP contribution in [0.1, 0.15) is 46.8 Å². The van der Waals surface area contributed by atoms with Crippen LogP contribution >= 0.6 is 0 Å². The first-order valence-corrected chi connectivity index (χ1v) is 11.5. The van der Waals surface area contributed by atoms with Crippen molar-refractivity contribution < 1.29 is 28.9 Å². The van der Waals surface area contributed by atoms with Crippen LogP contribution in [0, 0.1) is 5.92 Å². The molecule has 10 heteroatoms. The molecule has 2 N–H and O–H groups in total. The van der Waals surface area contributed by atoms with Crippen LogP contribution in [0.5, 0.6) is 0 Å². The molecule has 1 fully saturated rings. The number of carbonyl (C=O) groups is 3. The number of hydrogen-bond acceptors (Lipinski definition) is 7. The van der Waals surface area contributed by atoms with Crippen molar-refractivity contribution in [3.63, 3.8) is 0 Å². The van der Waals surface area contributed by atoms with Crippen LogP contribution in [0.2, 0.25) is 0 Å². The topological polar surface area (TPSA) is 135 Å². The lowest BCUT2D eigenvalue weighted by atomic mass is 9.93. The van der Waals surface area contributed by atoms with Crippen LogP contribution in [0.4, 0.5) is 10.6 Å². The van der Waals surface area contributed by atoms with Crippen LogP contribution in [0.3, 0.4) is 0 Å². The summed E-state index contributed by atoms with van der Waals surface area (Å²) < 4.78 is 10.2. The van der Waals surface area contributed by atoms with Gasteiger partial charge in [-0.2, -0.15) is 0 Å². The molecule has 1 aromatic heterocycles. The second-order valence-electron chi connectivity index (χ2n) is 8.75. The van der Waals surface area contributed by atoms with E-state index in [0.717, 1.165) is 22.3 Å². The maximum absolute atomic E-state index is 12.9. The SMILES string of the molecule is O=C(O)CC1CCN(C(=O)c2nonc2NC(=O)OCC2c3ccccc3-c3ccccc32)CC1. The van der Waals surface area contributed by atoms with Crippen molar-refractivity contribution in [2.24, 2.45) is 5.92 Å². The van der Waals surface area contributed by atoms with Crippen molar-refractivity contribution in [1.29, 1.82) is 0 Å². The number of ether oxygens (including phenoxy) is 1. The molecule has 0 radical (unpaired) electrons. The van der Waals surface area contributed by atoms with Crippen LogP contribution < -0.4 is 5.32 Å². The standard InChI is InChI=1S/C25H24N4O6/c30-21(31)13-15-9-11-29(12-10-15)24(32)22-23(28-35-27-22)26-25(33)34-14-20-18-7-3-1-5-16(18)17-6-2-4-8-19(17)20/h1-8,15,20H,9-14H2,(H,30,31)(H,26,28,33). The number of amides is 2. The highest BCUT2D eigenvalue weighted by atomic mass is 16.6. The lowest BCUT2D eigenvalue weighted by Gasteiger charge is -2.30. The summed E-state index contributed by atoms with van der Waals surface area (Å²) in [5.74, 6) is -1.46. The number of aromatic nitrogens is 2. The Labute approximate surface area is 200 Å². The molecular weight excluding hydrogens is 452 g/mol. The predicted molar refractivity (Wildman–Crippen MR) is 124 cm³/mol. The number of anilines is 1. The quantitative estimate of drug-likeness (QED) is 0.549. The molecule has 0 unspecified atom stereocenters. The second kappa shape index (κ2) is 9.57. The third kappa shape index (κ3) is 4.59. The van der Waals surface area contributed by atoms with Gasteiger partial charge in [-0.15, -0.1) is 0 Å². The molecule has 35 heavy (non-hydrogen) atoms. The fourth-order valence-electron chi connectivity index (χ4n) is 4.88. The summed E-state index contributed by atoms with van der Waals surface area (Å²) in [5.41, 5.74) is 4.31. The zero-order valence-corrected chi connectivity index (χ0v) is 18.8. The molecule has 0 atom stereocenters. The first-order valence-electron chi connectivity index (χ1n) is 11.5. The minimum absolute atomic E-state index is 0.0328. The number of fused-ring (bicyclic) bond motifs is 3. The summed E-state index contributed by atoms with van der Waals surface area (Å²) in [6.07, 6.45) is 0.482. The Hall–Kier alpha value is -4.21. The smallest absolute Gasteiger partial charge is 0.412 e. The van der Waals surface area contributed by atoms with E-state index in [1.807, 2.05) is 36.4 Å². The summed E-state index contributed by atoms with van der Waals surface area (Å²) in [6, 6.07) is 16.0. The van der Waals surface area contributed by atoms with Gasteiger partial charge in [0.05, 0.1) is 0 Å². The molecule has 10 nitrogen and oxygen atoms in total. The summed E-state index contributed by atoms with van der Waals surface area (Å²) in [6.45, 7) is 0.910. The van der Waals surface area contributed by atoms with E-state index in [4.69, 9.17) is 14.5 Å². The van der Waals surface area contributed by atoms with Gasteiger partial charge < -0.3 is 14.7 Å². The Morgan fingerprint density at radius 1 is 1.00 bits per heavy atom. The van der Waals surface area contributed by atoms with Crippen molar-refractivity contribution in [2.45, 2.75) is 25.2 Å². The number of carbonyl (C=O) groups excluding carboxylic acids is 2. The number of carboxylic acids is 1. The summed E-state index contributed by atoms with van der Waals surface area (Å²) >= 11 is 0. The molecule has 1 saturated heterocycles. The number of benzene rings is 2. The predicted octanol–water partition coefficient (Wildman–Crippen LogP) is 3.76. The second-order valence-corrected chi connectivity index (χ2v) is 8.75. The van der Waals surface area contributed by atoms with Crippen LogP contribution in [-0.2, 0) is 9.53 Å². The Balaban J connectivity index is 1.21. The highest BCUT2D eigenvalue weighted by Crippen LogP contribution is 2.44. The first kappa shape index (κ1) is 22.6. The fourth-order valence-corrected chi connectivity index (χ4v) is 4.88. The minimum atomic E-state index is -0.843. The van der Waals surface area contributed by atoms with Crippen molar-refractivity contribution in [2.75, 3.05) is 25.0 Å². The number of likely N-dealkylation sites (tertiary alicyclic amines) is 1. The lowest BCUT2D eigenvalue weighted by molar-refractivity contribution is -0.138. The number of carboxylic acid groups (broad SMARTS) is 1. The first-order chi connectivity index (χ1) is 17.0. The van der Waals surface area contributed by atoms with Crippen LogP contribution in [0.25, 0.3) is 11.1 Å². The molecule has 0 saturated carbocycles. The number of rotatable bonds is 6. The van der Waals surface area contributed by atoms with Crippen molar-refractivity contribution in [3.8, 4) is 11.1 Å². The van der Waals surface area contributed by atoms with Gasteiger partial charge in [0.1, 0.15) is 6.61 Å². The van der Waals surface area contributed by atoms with E-state index in [0.29, 0.717) is 25.9 Å². The van der Waals surface area contributed by atoms with E-state index in [-0.39, 0.29) is 36.4 Å². The number of hydrogen-bond donors (Lipinski definition) is 2. The number of nitrogens with one attached hydrogen (secondary N) is 1. The van der Waals surface area contributed by atoms with E-state index in [1.165, 1.54) is 0 Å². The zero-order chi connectivity index (χ0) is 24.4. The molecule has 5 rings (SSSR count). The van der Waals surface area contributed by atoms with Gasteiger partial charge in [0.15, 0.2) is 0 Å². The zero-order valence-electron chi connectivity index (χ0n) is 18.8. The van der Waals surface area contributed by atoms with E-state index in [2.05, 4.69) is 27.8 Å². The molecule has 0 spiro atoms. The third-order valence-corrected chi connectivity index (χ3v) is 6.62. The Kier molecular flexibility index (Phi) is 6.17. The van der Waals surface area contributed by atoms with Gasteiger partial charge in [0.2, 0.25) is 11.5 Å². The molecule has 2 aliphatic rings. The molecule has 1 aliphatic heterocycles. The Bertz CT molecular complexity index is 1220. The summed E-state index contributed by atoms with van der Waals surface area (Å²) in [7, 11) is 0. The van der Waals surface area contributed by atoms with Crippen LogP contribution in [-0.4, -0.2) is 58.0 Å². The molecule has 0 bridgehead atoms. The fraction of sp³-hybridized carbons (Fsp3) is 0.320. The highest BCUT2D eigenvalue weighted by Gasteiger charge is 2.31. The number of piperidine rings is 1. The van der Waals surface area contributed by atoms with Gasteiger partial charge in [0.25, 0.3) is 5.91 Å². The molecule has 2 amide bonds. The minimum Gasteiger partial charge on any atom is -0.481 e. The maximum Gasteiger partial charge on any atom is 0.412 e. The van der Waals surface area contributed by atoms with E-state index in [1.54, 1.807) is 4.90 Å². The van der Waals surface area contributed by atoms with Crippen molar-refractivity contribution in [3.05, 3.63) is 65.4 Å². The van der Waals surface area contributed by atoms with Gasteiger partial charge in [0, 0.05) is 25.4 Å². The number of aliphatic carboxylic acids is 1. The highest BCUT2D eigenvalue weighted by molar-refractivity contribution is 5.99. The summed E-state index contributed by atoms with van der Waals surface area (Å²) in [4.78, 5) is 37.9. The van der Waals surface area contributed by atoms with E-state index < -0.39 is 18.0 Å². The molecule has 3 aromatic rings. The maximum atomic E-state index is 12.9. The van der Waals surface area contributed by atoms with Gasteiger partial charge in [-0.1, -0.05) is 48.5 Å². The van der Waals surface area contributed by atoms with E-state index >= 15 is 0 Å². The van der Waals surface area contributed by atoms with Crippen LogP contribution in [0.15, 0.2) is 53.2 Å². The molecule has 1 aliphatic carbocycles. The van der Waals surface area contributed by atoms with Crippen molar-refractivity contribution >= 4 is 23.8 Å².